The minimum absolute atomic E-state index is 0.0466. The van der Waals surface area contributed by atoms with Crippen molar-refractivity contribution in [1.82, 2.24) is 0 Å². The topological polar surface area (TPSA) is 146 Å². The van der Waals surface area contributed by atoms with Gasteiger partial charge in [-0.2, -0.15) is 22.0 Å². The molecule has 14 heteroatoms. The van der Waals surface area contributed by atoms with E-state index in [-0.39, 0.29) is 12.1 Å². The normalized spacial score (nSPS) is 14.1. The quantitative estimate of drug-likeness (QED) is 0.515. The van der Waals surface area contributed by atoms with Gasteiger partial charge in [0.25, 0.3) is 0 Å². The van der Waals surface area contributed by atoms with Crippen LogP contribution in [0.25, 0.3) is 0 Å². The molecule has 0 saturated heterocycles. The number of anilines is 1. The van der Waals surface area contributed by atoms with Crippen LogP contribution in [0.4, 0.5) is 27.6 Å². The molecule has 126 valence electrons. The van der Waals surface area contributed by atoms with E-state index in [1.54, 1.807) is 0 Å². The molecule has 0 fully saturated rings. The number of nitrogen functional groups attached to an aromatic ring is 1. The van der Waals surface area contributed by atoms with Crippen LogP contribution in [0.5, 0.6) is 0 Å². The average Bonchev–Trinajstić information content (AvgIpc) is 2.23. The lowest BCUT2D eigenvalue weighted by Gasteiger charge is -2.22. The molecule has 0 atom stereocenters. The van der Waals surface area contributed by atoms with Crippen molar-refractivity contribution in [3.05, 3.63) is 17.7 Å². The lowest BCUT2D eigenvalue weighted by molar-refractivity contribution is -0.290. The Kier molecular flexibility index (Phi) is 4.22. The SMILES string of the molecule is Nc1cc(C(F)(F)C(F)(F)F)c(S(N)(=O)=O)cc1S(N)(=O)=O. The summed E-state index contributed by atoms with van der Waals surface area (Å²) in [4.78, 5) is -2.91. The zero-order chi connectivity index (χ0) is 17.7. The number of sulfonamides is 2. The van der Waals surface area contributed by atoms with E-state index in [2.05, 4.69) is 10.3 Å². The monoisotopic (exact) mass is 369 g/mol. The highest BCUT2D eigenvalue weighted by atomic mass is 32.2. The van der Waals surface area contributed by atoms with E-state index in [1.807, 2.05) is 0 Å². The molecule has 0 unspecified atom stereocenters. The van der Waals surface area contributed by atoms with Gasteiger partial charge in [-0.05, 0) is 12.1 Å². The molecule has 0 spiro atoms. The molecule has 0 aliphatic carbocycles. The van der Waals surface area contributed by atoms with Crippen molar-refractivity contribution in [3.63, 3.8) is 0 Å². The van der Waals surface area contributed by atoms with E-state index in [9.17, 15) is 38.8 Å². The number of halogens is 5. The Hall–Kier alpha value is -1.51. The van der Waals surface area contributed by atoms with Crippen molar-refractivity contribution in [2.75, 3.05) is 5.73 Å². The summed E-state index contributed by atoms with van der Waals surface area (Å²) in [6.07, 6.45) is -6.16. The van der Waals surface area contributed by atoms with Crippen LogP contribution in [0, 0.1) is 0 Å². The van der Waals surface area contributed by atoms with Gasteiger partial charge in [-0.15, -0.1) is 0 Å². The number of nitrogens with two attached hydrogens (primary N) is 3. The first-order chi connectivity index (χ1) is 9.49. The predicted octanol–water partition coefficient (Wildman–Crippen LogP) is 0.218. The van der Waals surface area contributed by atoms with E-state index in [0.29, 0.717) is 0 Å². The molecule has 22 heavy (non-hydrogen) atoms. The smallest absolute Gasteiger partial charge is 0.398 e. The summed E-state index contributed by atoms with van der Waals surface area (Å²) in [5.74, 6) is -5.64. The second-order valence-electron chi connectivity index (χ2n) is 4.05. The third-order valence-corrected chi connectivity index (χ3v) is 4.34. The van der Waals surface area contributed by atoms with Crippen molar-refractivity contribution in [2.45, 2.75) is 21.9 Å². The maximum atomic E-state index is 13.4. The zero-order valence-electron chi connectivity index (χ0n) is 10.2. The van der Waals surface area contributed by atoms with Crippen molar-refractivity contribution >= 4 is 25.7 Å². The molecule has 0 heterocycles. The van der Waals surface area contributed by atoms with Crippen molar-refractivity contribution in [3.8, 4) is 0 Å². The van der Waals surface area contributed by atoms with Gasteiger partial charge in [-0.3, -0.25) is 0 Å². The fourth-order valence-corrected chi connectivity index (χ4v) is 2.98. The number of rotatable bonds is 3. The van der Waals surface area contributed by atoms with Gasteiger partial charge < -0.3 is 5.73 Å². The Balaban J connectivity index is 3.94. The van der Waals surface area contributed by atoms with Gasteiger partial charge >= 0.3 is 12.1 Å². The summed E-state index contributed by atoms with van der Waals surface area (Å²) < 4.78 is 109. The molecule has 0 radical (unpaired) electrons. The third kappa shape index (κ3) is 3.29. The number of benzene rings is 1. The fraction of sp³-hybridized carbons (Fsp3) is 0.250. The van der Waals surface area contributed by atoms with Gasteiger partial charge in [0.2, 0.25) is 20.0 Å². The molecule has 7 nitrogen and oxygen atoms in total. The summed E-state index contributed by atoms with van der Waals surface area (Å²) in [7, 11) is -9.82. The van der Waals surface area contributed by atoms with E-state index in [4.69, 9.17) is 5.73 Å². The van der Waals surface area contributed by atoms with Gasteiger partial charge in [0.15, 0.2) is 0 Å². The highest BCUT2D eigenvalue weighted by Crippen LogP contribution is 2.47. The van der Waals surface area contributed by atoms with Crippen LogP contribution in [0.1, 0.15) is 5.56 Å². The van der Waals surface area contributed by atoms with Crippen LogP contribution in [0.2, 0.25) is 0 Å². The summed E-state index contributed by atoms with van der Waals surface area (Å²) in [6, 6.07) is -0.193. The average molecular weight is 369 g/mol. The van der Waals surface area contributed by atoms with Gasteiger partial charge in [0, 0.05) is 0 Å². The van der Waals surface area contributed by atoms with E-state index in [0.717, 1.165) is 0 Å². The molecule has 0 amide bonds. The molecule has 0 saturated carbocycles. The van der Waals surface area contributed by atoms with Crippen molar-refractivity contribution in [2.24, 2.45) is 10.3 Å². The Morgan fingerprint density at radius 1 is 0.818 bits per heavy atom. The summed E-state index contributed by atoms with van der Waals surface area (Å²) in [5.41, 5.74) is 1.87. The lowest BCUT2D eigenvalue weighted by Crippen LogP contribution is -2.36. The van der Waals surface area contributed by atoms with Gasteiger partial charge in [-0.1, -0.05) is 0 Å². The number of hydrogen-bond acceptors (Lipinski definition) is 5. The molecule has 6 N–H and O–H groups in total. The minimum atomic E-state index is -6.16. The van der Waals surface area contributed by atoms with Crippen LogP contribution in [0.15, 0.2) is 21.9 Å². The van der Waals surface area contributed by atoms with Gasteiger partial charge in [-0.25, -0.2) is 27.1 Å². The molecule has 1 rings (SSSR count). The van der Waals surface area contributed by atoms with E-state index in [1.165, 1.54) is 0 Å². The molecular weight excluding hydrogens is 361 g/mol. The number of alkyl halides is 5. The molecule has 1 aromatic carbocycles. The van der Waals surface area contributed by atoms with E-state index >= 15 is 0 Å². The maximum absolute atomic E-state index is 13.4. The summed E-state index contributed by atoms with van der Waals surface area (Å²) >= 11 is 0. The number of hydrogen-bond donors (Lipinski definition) is 3. The molecule has 1 aromatic rings. The Labute approximate surface area is 121 Å². The second-order valence-corrected chi connectivity index (χ2v) is 7.11. The fourth-order valence-electron chi connectivity index (χ4n) is 1.46. The third-order valence-electron chi connectivity index (χ3n) is 2.42. The van der Waals surface area contributed by atoms with Crippen LogP contribution in [-0.2, 0) is 26.0 Å². The first-order valence-corrected chi connectivity index (χ1v) is 8.03. The first-order valence-electron chi connectivity index (χ1n) is 4.93. The molecule has 0 aliphatic heterocycles. The molecule has 0 aromatic heterocycles. The van der Waals surface area contributed by atoms with Crippen LogP contribution in [0.3, 0.4) is 0 Å². The van der Waals surface area contributed by atoms with Crippen LogP contribution in [-0.4, -0.2) is 23.0 Å². The van der Waals surface area contributed by atoms with Crippen LogP contribution >= 0.6 is 0 Å². The van der Waals surface area contributed by atoms with Crippen LogP contribution < -0.4 is 16.0 Å². The lowest BCUT2D eigenvalue weighted by atomic mass is 10.1. The maximum Gasteiger partial charge on any atom is 0.458 e. The molecular formula is C8H8F5N3O4S2. The largest absolute Gasteiger partial charge is 0.458 e. The molecule has 0 aliphatic rings. The van der Waals surface area contributed by atoms with E-state index < -0.39 is 53.2 Å². The Bertz CT molecular complexity index is 817. The second kappa shape index (κ2) is 5.00. The zero-order valence-corrected chi connectivity index (χ0v) is 11.9. The highest BCUT2D eigenvalue weighted by molar-refractivity contribution is 7.90. The Morgan fingerprint density at radius 2 is 1.23 bits per heavy atom. The highest BCUT2D eigenvalue weighted by Gasteiger charge is 2.60. The molecule has 0 bridgehead atoms. The van der Waals surface area contributed by atoms with Crippen molar-refractivity contribution in [1.29, 1.82) is 0 Å². The number of primary sulfonamides is 2. The Morgan fingerprint density at radius 3 is 1.55 bits per heavy atom. The standard InChI is InChI=1S/C8H8F5N3O4S2/c9-7(10,8(11,12)13)3-1-4(14)6(22(16,19)20)2-5(3)21(15,17)18/h1-2H,14H2,(H2,15,17,18)(H2,16,19,20). The minimum Gasteiger partial charge on any atom is -0.398 e. The summed E-state index contributed by atoms with van der Waals surface area (Å²) in [6.45, 7) is 0. The van der Waals surface area contributed by atoms with Crippen molar-refractivity contribution < 1.29 is 38.8 Å². The van der Waals surface area contributed by atoms with Gasteiger partial charge in [0.05, 0.1) is 16.1 Å². The first kappa shape index (κ1) is 18.5. The summed E-state index contributed by atoms with van der Waals surface area (Å²) in [5, 5.41) is 9.22. The predicted molar refractivity (Wildman–Crippen MR) is 63.5 cm³/mol. The van der Waals surface area contributed by atoms with Gasteiger partial charge in [0.1, 0.15) is 4.90 Å².